The van der Waals surface area contributed by atoms with E-state index in [1.807, 2.05) is 144 Å². The van der Waals surface area contributed by atoms with E-state index in [-0.39, 0.29) is 35.5 Å². The third-order valence-electron chi connectivity index (χ3n) is 23.5. The van der Waals surface area contributed by atoms with Gasteiger partial charge < -0.3 is 40.8 Å². The largest absolute Gasteiger partial charge is 0.335 e. The van der Waals surface area contributed by atoms with Crippen molar-refractivity contribution in [3.8, 4) is 135 Å². The second-order valence-electron chi connectivity index (χ2n) is 34.5. The van der Waals surface area contributed by atoms with Crippen molar-refractivity contribution in [1.82, 2.24) is 165 Å². The minimum absolute atomic E-state index is 0.0369. The molecule has 40 nitrogen and oxygen atoms in total. The van der Waals surface area contributed by atoms with Gasteiger partial charge >= 0.3 is 6.03 Å². The molecule has 0 aromatic carbocycles. The van der Waals surface area contributed by atoms with Crippen LogP contribution in [0.2, 0.25) is 0 Å². The number of hydrogen-bond donors (Lipinski definition) is 11. The normalized spacial score (nSPS) is 11.3. The minimum Gasteiger partial charge on any atom is -0.335 e. The molecule has 24 heterocycles. The Morgan fingerprint density at radius 1 is 0.333 bits per heavy atom. The predicted molar refractivity (Wildman–Crippen MR) is 546 cm³/mol. The number of nitrogens with zero attached hydrogens (tertiary/aromatic N) is 25. The molecule has 0 aliphatic rings. The van der Waals surface area contributed by atoms with Crippen LogP contribution in [0.15, 0.2) is 270 Å². The van der Waals surface area contributed by atoms with E-state index in [4.69, 9.17) is 19.9 Å². The molecule has 144 heavy (non-hydrogen) atoms. The molecule has 0 unspecified atom stereocenters. The molecule has 0 bridgehead atoms. The number of ketones is 1. The van der Waals surface area contributed by atoms with Crippen molar-refractivity contribution in [3.63, 3.8) is 0 Å². The molecule has 0 saturated carbocycles. The van der Waals surface area contributed by atoms with Crippen LogP contribution >= 0.6 is 0 Å². The Hall–Kier alpha value is -20.0. The molecule has 0 fully saturated rings. The third-order valence-corrected chi connectivity index (χ3v) is 23.5. The van der Waals surface area contributed by atoms with Crippen LogP contribution in [0.5, 0.6) is 0 Å². The van der Waals surface area contributed by atoms with E-state index < -0.39 is 0 Å². The minimum atomic E-state index is -0.232. The summed E-state index contributed by atoms with van der Waals surface area (Å²) in [6, 6.07) is 34.5. The molecule has 24 aromatic rings. The summed E-state index contributed by atoms with van der Waals surface area (Å²) < 4.78 is 0. The first-order valence-electron chi connectivity index (χ1n) is 45.7. The Kier molecular flexibility index (Phi) is 24.9. The maximum Gasteiger partial charge on any atom is 0.321 e. The van der Waals surface area contributed by atoms with Crippen LogP contribution in [0.1, 0.15) is 53.2 Å². The van der Waals surface area contributed by atoms with Gasteiger partial charge in [0.25, 0.3) is 0 Å². The topological polar surface area (TPSA) is 543 Å². The highest BCUT2D eigenvalue weighted by Crippen LogP contribution is 2.40. The molecule has 4 amide bonds. The summed E-state index contributed by atoms with van der Waals surface area (Å²) in [5.41, 5.74) is 28.3. The van der Waals surface area contributed by atoms with E-state index in [1.54, 1.807) is 175 Å². The number of urea groups is 1. The highest BCUT2D eigenvalue weighted by Gasteiger charge is 2.25. The molecule has 0 radical (unpaired) electrons. The zero-order valence-corrected chi connectivity index (χ0v) is 78.0. The number of pyridine rings is 16. The maximum atomic E-state index is 12.2. The fourth-order valence-corrected chi connectivity index (χ4v) is 16.2. The second kappa shape index (κ2) is 39.6. The first kappa shape index (κ1) is 90.5. The zero-order chi connectivity index (χ0) is 98.4. The van der Waals surface area contributed by atoms with Gasteiger partial charge in [0.05, 0.1) is 126 Å². The Bertz CT molecular complexity index is 8640. The molecule has 24 aromatic heterocycles. The first-order chi connectivity index (χ1) is 70.4. The van der Waals surface area contributed by atoms with Crippen molar-refractivity contribution < 1.29 is 19.2 Å². The van der Waals surface area contributed by atoms with Gasteiger partial charge in [-0.2, -0.15) is 20.4 Å². The van der Waals surface area contributed by atoms with Crippen molar-refractivity contribution in [2.75, 3.05) is 30.0 Å². The van der Waals surface area contributed by atoms with Gasteiger partial charge in [0, 0.05) is 229 Å². The van der Waals surface area contributed by atoms with Gasteiger partial charge in [0.15, 0.2) is 45.9 Å². The number of carbonyl (C=O) groups excluding carboxylic acids is 4. The molecule has 0 spiro atoms. The summed E-state index contributed by atoms with van der Waals surface area (Å²) >= 11 is 0. The zero-order valence-electron chi connectivity index (χ0n) is 78.0. The van der Waals surface area contributed by atoms with Crippen LogP contribution < -0.4 is 16.0 Å². The lowest BCUT2D eigenvalue weighted by atomic mass is 10.1. The number of imidazole rings is 4. The van der Waals surface area contributed by atoms with E-state index in [2.05, 4.69) is 156 Å². The van der Waals surface area contributed by atoms with Gasteiger partial charge in [-0.15, -0.1) is 0 Å². The molecule has 0 saturated heterocycles. The van der Waals surface area contributed by atoms with Gasteiger partial charge in [-0.05, 0) is 120 Å². The van der Waals surface area contributed by atoms with Crippen molar-refractivity contribution in [3.05, 3.63) is 276 Å². The van der Waals surface area contributed by atoms with Crippen LogP contribution in [0.3, 0.4) is 0 Å². The monoisotopic (exact) mass is 1900 g/mol. The smallest absolute Gasteiger partial charge is 0.321 e. The van der Waals surface area contributed by atoms with Crippen LogP contribution in [-0.2, 0) is 20.8 Å². The fourth-order valence-electron chi connectivity index (χ4n) is 16.2. The van der Waals surface area contributed by atoms with Crippen LogP contribution in [0.25, 0.3) is 223 Å². The lowest BCUT2D eigenvalue weighted by Crippen LogP contribution is -2.27. The Morgan fingerprint density at radius 2 is 0.688 bits per heavy atom. The summed E-state index contributed by atoms with van der Waals surface area (Å²) in [5, 5.41) is 41.6. The Labute approximate surface area is 815 Å². The average molecular weight is 1900 g/mol. The number of carbonyl (C=O) groups is 4. The fraction of sp³-hybridized carbons (Fsp3) is 0.115. The van der Waals surface area contributed by atoms with E-state index in [1.165, 1.54) is 4.90 Å². The number of anilines is 3. The standard InChI is InChI=1S/C27H23N9O.C26H21N9O.C26H20N8O.C25H20N10O/c1-15(2)7-23(37)32-19-8-17(10-29-12-19)18-9-20-25(35-36-26(20)31-11-18)27-33-22-14-30-13-21(24(22)34-27)16-3-5-28-6-4-16;1-14(2)26(36)31-18-7-16(9-28-11-18)17-8-19-23(34-35-24(19)30-10-17)25-32-21-13-29-12-20(22(21)33-25)15-3-5-27-6-4-15;1-2-19(35)10-18-4-3-16(11-29-18)17-9-20-24(33-34-25(20)30-12-17)26-31-22-14-28-13-21(23(22)32-26)15-5-7-27-8-6-15;1-35(2)25(36)30-16-7-14(9-26-11-16)15-8-17-22(33-34-23(17)29-10-15)24-31-20-13-27-12-18(21(20)32-24)19-5-3-4-6-28-19/h3-6,8-15H,7H2,1-2H3,(H,32,37)(H,33,34)(H,31,35,36);3-14H,1-2H3,(H,31,36)(H,32,33)(H,30,34,35);3-9,11-14H,2,10H2,1H3,(H,31,32)(H,30,33,34);3-13H,1-2H3,(H,30,36)(H,31,32)(H,29,33,34). The number of H-pyrrole nitrogens is 8. The third kappa shape index (κ3) is 19.1. The highest BCUT2D eigenvalue weighted by atomic mass is 16.2. The number of rotatable bonds is 21. The van der Waals surface area contributed by atoms with Gasteiger partial charge in [-0.3, -0.25) is 94.6 Å². The quantitative estimate of drug-likeness (QED) is 0.0318. The van der Waals surface area contributed by atoms with Gasteiger partial charge in [-0.1, -0.05) is 46.8 Å². The second-order valence-corrected chi connectivity index (χ2v) is 34.5. The van der Waals surface area contributed by atoms with Crippen molar-refractivity contribution in [2.24, 2.45) is 11.8 Å². The van der Waals surface area contributed by atoms with Crippen molar-refractivity contribution in [2.45, 2.75) is 53.9 Å². The Morgan fingerprint density at radius 3 is 1.04 bits per heavy atom. The molecule has 0 aliphatic heterocycles. The number of aromatic amines is 8. The van der Waals surface area contributed by atoms with E-state index in [0.29, 0.717) is 93.6 Å². The SMILES string of the molecule is CC(C)C(=O)Nc1cncc(-c2cnc3n[nH]c(-c4nc5c(-c6ccncc6)cncc5[nH]4)c3c2)c1.CC(C)CC(=O)Nc1cncc(-c2cnc3n[nH]c(-c4nc5c(-c6ccncc6)cncc5[nH]4)c3c2)c1.CCC(=O)Cc1ccc(-c2cnc3n[nH]c(-c4nc5c(-c6ccncc6)cncc5[nH]4)c3c2)cn1.CN(C)C(=O)Nc1cncc(-c2cnc3n[nH]c(-c4nc5c(-c6ccccn6)cncc5[nH]4)c3c2)c1. The molecular weight excluding hydrogens is 1820 g/mol. The van der Waals surface area contributed by atoms with Crippen molar-refractivity contribution in [1.29, 1.82) is 0 Å². The average Bonchev–Trinajstić information content (AvgIpc) is 1.63. The summed E-state index contributed by atoms with van der Waals surface area (Å²) in [5.74, 6) is 2.74. The van der Waals surface area contributed by atoms with E-state index >= 15 is 0 Å². The Balaban J connectivity index is 0.000000113. The number of fused-ring (bicyclic) bond motifs is 8. The molecule has 704 valence electrons. The number of Topliss-reactive ketones (excluding diaryl/α,β-unsaturated/α-hetero) is 1. The molecule has 0 atom stereocenters. The molecule has 0 aliphatic carbocycles. The number of nitrogens with one attached hydrogen (secondary N) is 11. The van der Waals surface area contributed by atoms with E-state index in [9.17, 15) is 19.2 Å². The predicted octanol–water partition coefficient (Wildman–Crippen LogP) is 18.3. The maximum absolute atomic E-state index is 12.2. The van der Waals surface area contributed by atoms with Crippen LogP contribution in [-0.4, -0.2) is 203 Å². The summed E-state index contributed by atoms with van der Waals surface area (Å²) in [4.78, 5) is 152. The van der Waals surface area contributed by atoms with Crippen LogP contribution in [0.4, 0.5) is 21.9 Å². The lowest BCUT2D eigenvalue weighted by molar-refractivity contribution is -0.119. The van der Waals surface area contributed by atoms with Crippen molar-refractivity contribution >= 4 is 129 Å². The number of hydrogen-bond acceptors (Lipinski definition) is 28. The first-order valence-corrected chi connectivity index (χ1v) is 45.7. The molecule has 11 N–H and O–H groups in total. The van der Waals surface area contributed by atoms with E-state index in [0.717, 1.165) is 172 Å². The summed E-state index contributed by atoms with van der Waals surface area (Å²) in [7, 11) is 3.36. The van der Waals surface area contributed by atoms with Crippen LogP contribution in [0, 0.1) is 11.8 Å². The van der Waals surface area contributed by atoms with Gasteiger partial charge in [-0.25, -0.2) is 44.7 Å². The van der Waals surface area contributed by atoms with Gasteiger partial charge in [0.2, 0.25) is 11.8 Å². The molecular formula is C104H84N36O4. The van der Waals surface area contributed by atoms with Gasteiger partial charge in [0.1, 0.15) is 34.1 Å². The number of amides is 4. The highest BCUT2D eigenvalue weighted by molar-refractivity contribution is 6.03. The summed E-state index contributed by atoms with van der Waals surface area (Å²) in [6.45, 7) is 9.57. The number of aromatic nitrogens is 32. The lowest BCUT2D eigenvalue weighted by Gasteiger charge is -2.12. The summed E-state index contributed by atoms with van der Waals surface area (Å²) in [6.07, 6.45) is 46.5. The molecule has 40 heteroatoms. The molecule has 24 rings (SSSR count).